The second kappa shape index (κ2) is 17.4. The fraction of sp³-hybridized carbons (Fsp3) is 0. The van der Waals surface area contributed by atoms with E-state index >= 15 is 0 Å². The van der Waals surface area contributed by atoms with Gasteiger partial charge in [-0.25, -0.2) is 0 Å². The van der Waals surface area contributed by atoms with E-state index in [4.69, 9.17) is 4.42 Å². The monoisotopic (exact) mass is 954 g/mol. The van der Waals surface area contributed by atoms with Crippen molar-refractivity contribution in [3.8, 4) is 50.2 Å². The molecule has 75 heavy (non-hydrogen) atoms. The van der Waals surface area contributed by atoms with Crippen molar-refractivity contribution in [2.75, 3.05) is 4.90 Å². The van der Waals surface area contributed by atoms with Crippen LogP contribution >= 0.6 is 0 Å². The molecule has 0 saturated carbocycles. The topological polar surface area (TPSA) is 21.3 Å². The molecule has 15 aromatic rings. The molecule has 350 valence electrons. The van der Waals surface area contributed by atoms with E-state index in [-0.39, 0.29) is 0 Å². The number of hydrogen-bond acceptors (Lipinski definition) is 2. The van der Waals surface area contributed by atoms with Crippen molar-refractivity contribution >= 4 is 93.1 Å². The molecule has 0 saturated heterocycles. The SMILES string of the molecule is c1ccc(-c2cc(-c3ccc4c(ccc5ccccc54)c3)ccc2N(c2ccc(-c3ccc4c(c3)oc3c5ccccc5ccc43)cc2)c2ccc(-c3ccccc3-n3c4ccccc4c4ccccc43)cc2)cc1. The molecule has 0 bridgehead atoms. The summed E-state index contributed by atoms with van der Waals surface area (Å²) in [6.45, 7) is 0. The van der Waals surface area contributed by atoms with Crippen LogP contribution < -0.4 is 4.90 Å². The molecule has 13 aromatic carbocycles. The van der Waals surface area contributed by atoms with Crippen molar-refractivity contribution in [2.24, 2.45) is 0 Å². The van der Waals surface area contributed by atoms with Crippen molar-refractivity contribution in [1.82, 2.24) is 4.57 Å². The van der Waals surface area contributed by atoms with Gasteiger partial charge in [0.1, 0.15) is 11.2 Å². The molecule has 3 heteroatoms. The first kappa shape index (κ1) is 42.7. The van der Waals surface area contributed by atoms with Crippen molar-refractivity contribution in [2.45, 2.75) is 0 Å². The molecule has 2 aromatic heterocycles. The number of benzene rings is 13. The molecule has 0 aliphatic rings. The summed E-state index contributed by atoms with van der Waals surface area (Å²) in [5, 5.41) is 12.1. The molecule has 0 aliphatic heterocycles. The highest BCUT2D eigenvalue weighted by Gasteiger charge is 2.21. The maximum Gasteiger partial charge on any atom is 0.143 e. The van der Waals surface area contributed by atoms with Crippen LogP contribution in [0.1, 0.15) is 0 Å². The Balaban J connectivity index is 0.869. The quantitative estimate of drug-likeness (QED) is 0.142. The summed E-state index contributed by atoms with van der Waals surface area (Å²) in [5.41, 5.74) is 17.7. The lowest BCUT2D eigenvalue weighted by Crippen LogP contribution is -2.11. The molecule has 3 nitrogen and oxygen atoms in total. The largest absolute Gasteiger partial charge is 0.455 e. The van der Waals surface area contributed by atoms with Gasteiger partial charge in [0.05, 0.1) is 22.4 Å². The van der Waals surface area contributed by atoms with Crippen LogP contribution in [0, 0.1) is 0 Å². The summed E-state index contributed by atoms with van der Waals surface area (Å²) < 4.78 is 9.06. The molecule has 2 heterocycles. The third-order valence-electron chi connectivity index (χ3n) is 15.4. The van der Waals surface area contributed by atoms with Gasteiger partial charge in [0, 0.05) is 49.4 Å². The zero-order valence-electron chi connectivity index (χ0n) is 40.9. The highest BCUT2D eigenvalue weighted by Crippen LogP contribution is 2.45. The van der Waals surface area contributed by atoms with Crippen LogP contribution in [0.15, 0.2) is 283 Å². The lowest BCUT2D eigenvalue weighted by atomic mass is 9.94. The molecule has 0 fully saturated rings. The highest BCUT2D eigenvalue weighted by atomic mass is 16.3. The fourth-order valence-corrected chi connectivity index (χ4v) is 11.8. The number of nitrogens with zero attached hydrogens (tertiary/aromatic N) is 2. The van der Waals surface area contributed by atoms with Crippen molar-refractivity contribution in [1.29, 1.82) is 0 Å². The molecule has 0 amide bonds. The summed E-state index contributed by atoms with van der Waals surface area (Å²) in [4.78, 5) is 2.42. The summed E-state index contributed by atoms with van der Waals surface area (Å²) in [6, 6.07) is 102. The van der Waals surface area contributed by atoms with E-state index in [1.54, 1.807) is 0 Å². The standard InChI is InChI=1S/C72H46N2O/c1-2-14-48(15-3-1)66-45-53(52-33-40-59-55(44-52)27-26-49-16-4-6-18-58(49)59)35-43-70(66)73(56-36-28-47(29-37-56)54-34-41-64-65-42-32-50-17-5-7-20-61(50)72(65)75-71(64)46-54)57-38-30-51(31-39-57)60-19-8-11-23-67(60)74-68-24-12-9-21-62(68)63-22-10-13-25-69(63)74/h1-46H. The minimum atomic E-state index is 0.886. The van der Waals surface area contributed by atoms with E-state index in [2.05, 4.69) is 289 Å². The minimum absolute atomic E-state index is 0.886. The first-order valence-corrected chi connectivity index (χ1v) is 25.7. The first-order valence-electron chi connectivity index (χ1n) is 25.7. The predicted molar refractivity (Wildman–Crippen MR) is 317 cm³/mol. The number of para-hydroxylation sites is 3. The number of fused-ring (bicyclic) bond motifs is 11. The molecule has 15 rings (SSSR count). The van der Waals surface area contributed by atoms with E-state index in [9.17, 15) is 0 Å². The van der Waals surface area contributed by atoms with Crippen molar-refractivity contribution in [3.63, 3.8) is 0 Å². The zero-order valence-corrected chi connectivity index (χ0v) is 40.9. The van der Waals surface area contributed by atoms with E-state index in [0.29, 0.717) is 0 Å². The Hall–Kier alpha value is -9.96. The minimum Gasteiger partial charge on any atom is -0.455 e. The normalized spacial score (nSPS) is 11.7. The Morgan fingerprint density at radius 3 is 1.52 bits per heavy atom. The zero-order chi connectivity index (χ0) is 49.4. The fourth-order valence-electron chi connectivity index (χ4n) is 11.8. The Morgan fingerprint density at radius 2 is 0.773 bits per heavy atom. The summed E-state index contributed by atoms with van der Waals surface area (Å²) in [7, 11) is 0. The van der Waals surface area contributed by atoms with Crippen LogP contribution in [-0.4, -0.2) is 4.57 Å². The first-order chi connectivity index (χ1) is 37.2. The van der Waals surface area contributed by atoms with E-state index < -0.39 is 0 Å². The van der Waals surface area contributed by atoms with Gasteiger partial charge in [0.25, 0.3) is 0 Å². The van der Waals surface area contributed by atoms with Gasteiger partial charge in [-0.3, -0.25) is 0 Å². The van der Waals surface area contributed by atoms with Gasteiger partial charge < -0.3 is 13.9 Å². The molecular formula is C72H46N2O. The summed E-state index contributed by atoms with van der Waals surface area (Å²) in [5.74, 6) is 0. The van der Waals surface area contributed by atoms with Gasteiger partial charge >= 0.3 is 0 Å². The smallest absolute Gasteiger partial charge is 0.143 e. The molecule has 0 spiro atoms. The van der Waals surface area contributed by atoms with Gasteiger partial charge in [0.15, 0.2) is 0 Å². The number of furan rings is 1. The highest BCUT2D eigenvalue weighted by molar-refractivity contribution is 6.16. The van der Waals surface area contributed by atoms with Gasteiger partial charge in [-0.05, 0) is 139 Å². The number of rotatable bonds is 8. The Bertz CT molecular complexity index is 4640. The summed E-state index contributed by atoms with van der Waals surface area (Å²) in [6.07, 6.45) is 0. The van der Waals surface area contributed by atoms with Crippen molar-refractivity contribution in [3.05, 3.63) is 279 Å². The molecule has 0 atom stereocenters. The molecule has 0 unspecified atom stereocenters. The number of anilines is 3. The van der Waals surface area contributed by atoms with Crippen LogP contribution in [0.4, 0.5) is 17.1 Å². The van der Waals surface area contributed by atoms with Crippen LogP contribution in [-0.2, 0) is 0 Å². The van der Waals surface area contributed by atoms with Crippen LogP contribution in [0.5, 0.6) is 0 Å². The van der Waals surface area contributed by atoms with Gasteiger partial charge in [0.2, 0.25) is 0 Å². The van der Waals surface area contributed by atoms with Gasteiger partial charge in [-0.2, -0.15) is 0 Å². The second-order valence-electron chi connectivity index (χ2n) is 19.6. The third kappa shape index (κ3) is 7.12. The average molecular weight is 955 g/mol. The molecule has 0 aliphatic carbocycles. The number of hydrogen-bond donors (Lipinski definition) is 0. The Morgan fingerprint density at radius 1 is 0.280 bits per heavy atom. The molecule has 0 N–H and O–H groups in total. The maximum absolute atomic E-state index is 6.64. The molecular weight excluding hydrogens is 909 g/mol. The summed E-state index contributed by atoms with van der Waals surface area (Å²) >= 11 is 0. The average Bonchev–Trinajstić information content (AvgIpc) is 4.05. The lowest BCUT2D eigenvalue weighted by Gasteiger charge is -2.29. The van der Waals surface area contributed by atoms with Crippen LogP contribution in [0.2, 0.25) is 0 Å². The van der Waals surface area contributed by atoms with E-state index in [1.807, 2.05) is 0 Å². The third-order valence-corrected chi connectivity index (χ3v) is 15.4. The number of aromatic nitrogens is 1. The molecule has 0 radical (unpaired) electrons. The van der Waals surface area contributed by atoms with Gasteiger partial charge in [-0.15, -0.1) is 0 Å². The Kier molecular flexibility index (Phi) is 9.89. The van der Waals surface area contributed by atoms with Crippen LogP contribution in [0.25, 0.3) is 126 Å². The van der Waals surface area contributed by atoms with Crippen LogP contribution in [0.3, 0.4) is 0 Å². The van der Waals surface area contributed by atoms with Gasteiger partial charge in [-0.1, -0.05) is 200 Å². The maximum atomic E-state index is 6.64. The predicted octanol–water partition coefficient (Wildman–Crippen LogP) is 20.3. The lowest BCUT2D eigenvalue weighted by molar-refractivity contribution is 0.673. The van der Waals surface area contributed by atoms with E-state index in [0.717, 1.165) is 83.5 Å². The van der Waals surface area contributed by atoms with Crippen molar-refractivity contribution < 1.29 is 4.42 Å². The second-order valence-corrected chi connectivity index (χ2v) is 19.6. The van der Waals surface area contributed by atoms with E-state index in [1.165, 1.54) is 59.9 Å². The Labute approximate surface area is 434 Å².